The van der Waals surface area contributed by atoms with Gasteiger partial charge >= 0.3 is 0 Å². The van der Waals surface area contributed by atoms with Gasteiger partial charge in [-0.05, 0) is 24.6 Å². The zero-order valence-corrected chi connectivity index (χ0v) is 11.2. The summed E-state index contributed by atoms with van der Waals surface area (Å²) >= 11 is 0. The monoisotopic (exact) mass is 273 g/mol. The maximum Gasteiger partial charge on any atom is 0.260 e. The van der Waals surface area contributed by atoms with Gasteiger partial charge in [0.25, 0.3) is 5.91 Å². The van der Waals surface area contributed by atoms with Gasteiger partial charge in [-0.1, -0.05) is 36.4 Å². The third kappa shape index (κ3) is 2.96. The summed E-state index contributed by atoms with van der Waals surface area (Å²) in [6.07, 6.45) is 0. The average Bonchev–Trinajstić information content (AvgIpc) is 2.45. The summed E-state index contributed by atoms with van der Waals surface area (Å²) in [6, 6.07) is 13.3. The van der Waals surface area contributed by atoms with Gasteiger partial charge < -0.3 is 10.0 Å². The van der Waals surface area contributed by atoms with Crippen LogP contribution in [0.1, 0.15) is 22.8 Å². The molecule has 1 amide bonds. The molecule has 0 atom stereocenters. The van der Waals surface area contributed by atoms with Crippen LogP contribution in [0.15, 0.2) is 48.5 Å². The van der Waals surface area contributed by atoms with Gasteiger partial charge in [0.1, 0.15) is 17.1 Å². The van der Waals surface area contributed by atoms with Crippen molar-refractivity contribution in [2.45, 2.75) is 13.5 Å². The molecule has 0 aliphatic heterocycles. The van der Waals surface area contributed by atoms with Crippen molar-refractivity contribution in [3.8, 4) is 5.75 Å². The summed E-state index contributed by atoms with van der Waals surface area (Å²) in [5, 5.41) is 9.68. The molecule has 3 nitrogen and oxygen atoms in total. The van der Waals surface area contributed by atoms with Crippen LogP contribution in [0.5, 0.6) is 5.75 Å². The number of phenolic OH excluding ortho intramolecular Hbond substituents is 1. The molecule has 0 radical (unpaired) electrons. The number of amides is 1. The molecule has 1 N–H and O–H groups in total. The zero-order chi connectivity index (χ0) is 14.5. The quantitative estimate of drug-likeness (QED) is 0.929. The summed E-state index contributed by atoms with van der Waals surface area (Å²) in [5.74, 6) is -1.55. The van der Waals surface area contributed by atoms with Crippen LogP contribution < -0.4 is 0 Å². The Labute approximate surface area is 117 Å². The van der Waals surface area contributed by atoms with Gasteiger partial charge in [-0.2, -0.15) is 0 Å². The maximum atomic E-state index is 13.7. The minimum atomic E-state index is -0.707. The maximum absolute atomic E-state index is 13.7. The van der Waals surface area contributed by atoms with Gasteiger partial charge in [-0.25, -0.2) is 4.39 Å². The van der Waals surface area contributed by atoms with Crippen LogP contribution >= 0.6 is 0 Å². The molecule has 0 bridgehead atoms. The third-order valence-electron chi connectivity index (χ3n) is 3.09. The molecule has 2 aromatic rings. The van der Waals surface area contributed by atoms with Gasteiger partial charge in [0.05, 0.1) is 0 Å². The van der Waals surface area contributed by atoms with Gasteiger partial charge in [-0.15, -0.1) is 0 Å². The lowest BCUT2D eigenvalue weighted by molar-refractivity contribution is 0.0744. The molecule has 0 aromatic heterocycles. The van der Waals surface area contributed by atoms with E-state index in [1.54, 1.807) is 0 Å². The summed E-state index contributed by atoms with van der Waals surface area (Å²) in [7, 11) is 0. The molecule has 2 rings (SSSR count). The molecular weight excluding hydrogens is 257 g/mol. The molecule has 0 aliphatic carbocycles. The normalized spacial score (nSPS) is 10.3. The molecule has 20 heavy (non-hydrogen) atoms. The van der Waals surface area contributed by atoms with Crippen molar-refractivity contribution in [3.05, 3.63) is 65.5 Å². The molecule has 0 fully saturated rings. The first-order valence-corrected chi connectivity index (χ1v) is 6.44. The fourth-order valence-corrected chi connectivity index (χ4v) is 2.01. The van der Waals surface area contributed by atoms with Crippen LogP contribution in [0, 0.1) is 5.82 Å². The topological polar surface area (TPSA) is 40.5 Å². The van der Waals surface area contributed by atoms with E-state index in [1.165, 1.54) is 23.1 Å². The van der Waals surface area contributed by atoms with E-state index in [2.05, 4.69) is 0 Å². The van der Waals surface area contributed by atoms with Crippen molar-refractivity contribution >= 4 is 5.91 Å². The SMILES string of the molecule is CCN(Cc1ccccc1)C(=O)c1c(O)cccc1F. The number of carbonyl (C=O) groups is 1. The van der Waals surface area contributed by atoms with Crippen molar-refractivity contribution in [1.82, 2.24) is 4.90 Å². The number of aromatic hydroxyl groups is 1. The fraction of sp³-hybridized carbons (Fsp3) is 0.188. The second-order valence-corrected chi connectivity index (χ2v) is 4.44. The average molecular weight is 273 g/mol. The highest BCUT2D eigenvalue weighted by Gasteiger charge is 2.21. The van der Waals surface area contributed by atoms with Crippen molar-refractivity contribution in [3.63, 3.8) is 0 Å². The predicted molar refractivity (Wildman–Crippen MR) is 74.9 cm³/mol. The second-order valence-electron chi connectivity index (χ2n) is 4.44. The minimum absolute atomic E-state index is 0.273. The van der Waals surface area contributed by atoms with Crippen LogP contribution in [0.2, 0.25) is 0 Å². The highest BCUT2D eigenvalue weighted by atomic mass is 19.1. The van der Waals surface area contributed by atoms with Crippen LogP contribution in [0.3, 0.4) is 0 Å². The van der Waals surface area contributed by atoms with Gasteiger partial charge in [0.2, 0.25) is 0 Å². The first-order valence-electron chi connectivity index (χ1n) is 6.44. The fourth-order valence-electron chi connectivity index (χ4n) is 2.01. The van der Waals surface area contributed by atoms with E-state index >= 15 is 0 Å². The smallest absolute Gasteiger partial charge is 0.260 e. The number of halogens is 1. The van der Waals surface area contributed by atoms with E-state index in [-0.39, 0.29) is 11.3 Å². The third-order valence-corrected chi connectivity index (χ3v) is 3.09. The molecule has 0 saturated heterocycles. The number of hydrogen-bond acceptors (Lipinski definition) is 2. The van der Waals surface area contributed by atoms with Gasteiger partial charge in [0, 0.05) is 13.1 Å². The van der Waals surface area contributed by atoms with E-state index in [0.29, 0.717) is 13.1 Å². The lowest BCUT2D eigenvalue weighted by atomic mass is 10.1. The molecular formula is C16H16FNO2. The first-order chi connectivity index (χ1) is 9.63. The van der Waals surface area contributed by atoms with E-state index in [9.17, 15) is 14.3 Å². The Morgan fingerprint density at radius 3 is 2.45 bits per heavy atom. The molecule has 4 heteroatoms. The number of nitrogens with zero attached hydrogens (tertiary/aromatic N) is 1. The van der Waals surface area contributed by atoms with Crippen molar-refractivity contribution in [2.24, 2.45) is 0 Å². The largest absolute Gasteiger partial charge is 0.507 e. The Hall–Kier alpha value is -2.36. The molecule has 0 saturated carbocycles. The minimum Gasteiger partial charge on any atom is -0.507 e. The standard InChI is InChI=1S/C16H16FNO2/c1-2-18(11-12-7-4-3-5-8-12)16(20)15-13(17)9-6-10-14(15)19/h3-10,19H,2,11H2,1H3. The summed E-state index contributed by atoms with van der Waals surface area (Å²) < 4.78 is 13.7. The predicted octanol–water partition coefficient (Wildman–Crippen LogP) is 3.19. The molecule has 0 aliphatic rings. The van der Waals surface area contributed by atoms with Crippen LogP contribution in [0.25, 0.3) is 0 Å². The van der Waals surface area contributed by atoms with Crippen LogP contribution in [-0.2, 0) is 6.54 Å². The van der Waals surface area contributed by atoms with E-state index < -0.39 is 11.7 Å². The Bertz CT molecular complexity index is 578. The lowest BCUT2D eigenvalue weighted by Crippen LogP contribution is -2.31. The molecule has 0 unspecified atom stereocenters. The molecule has 0 heterocycles. The van der Waals surface area contributed by atoms with Crippen molar-refractivity contribution in [2.75, 3.05) is 6.54 Å². The lowest BCUT2D eigenvalue weighted by Gasteiger charge is -2.21. The van der Waals surface area contributed by atoms with E-state index in [0.717, 1.165) is 5.56 Å². The number of benzene rings is 2. The van der Waals surface area contributed by atoms with E-state index in [1.807, 2.05) is 37.3 Å². The zero-order valence-electron chi connectivity index (χ0n) is 11.2. The highest BCUT2D eigenvalue weighted by Crippen LogP contribution is 2.22. The van der Waals surface area contributed by atoms with Gasteiger partial charge in [0.15, 0.2) is 0 Å². The van der Waals surface area contributed by atoms with Crippen LogP contribution in [0.4, 0.5) is 4.39 Å². The van der Waals surface area contributed by atoms with Crippen molar-refractivity contribution < 1.29 is 14.3 Å². The second kappa shape index (κ2) is 6.19. The summed E-state index contributed by atoms with van der Waals surface area (Å²) in [4.78, 5) is 13.8. The first kappa shape index (κ1) is 14.1. The molecule has 104 valence electrons. The van der Waals surface area contributed by atoms with Gasteiger partial charge in [-0.3, -0.25) is 4.79 Å². The van der Waals surface area contributed by atoms with Crippen LogP contribution in [-0.4, -0.2) is 22.5 Å². The highest BCUT2D eigenvalue weighted by molar-refractivity contribution is 5.97. The van der Waals surface area contributed by atoms with E-state index in [4.69, 9.17) is 0 Å². The Kier molecular flexibility index (Phi) is 4.35. The number of hydrogen-bond donors (Lipinski definition) is 1. The molecule has 2 aromatic carbocycles. The number of carbonyl (C=O) groups excluding carboxylic acids is 1. The molecule has 0 spiro atoms. The Morgan fingerprint density at radius 1 is 1.15 bits per heavy atom. The van der Waals surface area contributed by atoms with Crippen molar-refractivity contribution in [1.29, 1.82) is 0 Å². The summed E-state index contributed by atoms with van der Waals surface area (Å²) in [5.41, 5.74) is 0.684. The Balaban J connectivity index is 2.26. The number of phenols is 1. The summed E-state index contributed by atoms with van der Waals surface area (Å²) in [6.45, 7) is 2.63. The number of rotatable bonds is 4. The Morgan fingerprint density at radius 2 is 1.85 bits per heavy atom.